The summed E-state index contributed by atoms with van der Waals surface area (Å²) < 4.78 is 0. The van der Waals surface area contributed by atoms with Crippen LogP contribution < -0.4 is 43.0 Å². The van der Waals surface area contributed by atoms with Crippen LogP contribution in [0.1, 0.15) is 129 Å². The van der Waals surface area contributed by atoms with Crippen molar-refractivity contribution in [3.63, 3.8) is 0 Å². The number of carboxylic acid groups (broad SMARTS) is 2. The second-order valence-electron chi connectivity index (χ2n) is 19.2. The standard InChI is InChI=1S/C49H75N9O16/c1-4-27(2)12-9-7-5-6-8-10-13-30-23-39(63)52-34(25-41(66)67)45(70)54-33(22-29-15-17-31(61)18-16-29)44(69)55-35(24-38(50)62)49(74)58-21-11-14-37(58)47(72)53-32(19-20-40(64)65)43(68)56-36(26-59)46(71)57-42(28(3)60)48(73)51-30/h15-18,27-28,30,32-37,42,59-61H,4-14,19-26H2,1-3H3,(H2,50,62)(H,51,73)(H,52,63)(H,53,72)(H,54,70)(H,55,69)(H,56,68)(H,57,71)(H,64,65)(H,66,67)/t27?,28-,30?,32+,33-,34+,35-,36-,37+,42+/m1/s1. The molecule has 1 aromatic rings. The number of aromatic hydroxyl groups is 1. The molecule has 3 rings (SSSR count). The second kappa shape index (κ2) is 31.0. The number of phenolic OH excluding ortho intramolecular Hbond substituents is 1. The van der Waals surface area contributed by atoms with Crippen molar-refractivity contribution >= 4 is 65.1 Å². The zero-order chi connectivity index (χ0) is 55.1. The Hall–Kier alpha value is -6.89. The molecule has 2 unspecified atom stereocenters. The van der Waals surface area contributed by atoms with Gasteiger partial charge in [0.25, 0.3) is 0 Å². The molecular formula is C49H75N9O16. The van der Waals surface area contributed by atoms with Gasteiger partial charge in [0.2, 0.25) is 53.2 Å². The summed E-state index contributed by atoms with van der Waals surface area (Å²) in [4.78, 5) is 149. The third-order valence-corrected chi connectivity index (χ3v) is 13.0. The molecule has 10 atom stereocenters. The number of unbranched alkanes of at least 4 members (excludes halogenated alkanes) is 5. The predicted molar refractivity (Wildman–Crippen MR) is 263 cm³/mol. The van der Waals surface area contributed by atoms with Crippen molar-refractivity contribution in [2.45, 2.75) is 184 Å². The summed E-state index contributed by atoms with van der Waals surface area (Å²) in [6, 6.07) is -7.67. The summed E-state index contributed by atoms with van der Waals surface area (Å²) in [7, 11) is 0. The predicted octanol–water partition coefficient (Wildman–Crippen LogP) is -1.52. The molecule has 412 valence electrons. The minimum atomic E-state index is -1.85. The summed E-state index contributed by atoms with van der Waals surface area (Å²) in [5.74, 6) is -12.1. The van der Waals surface area contributed by atoms with E-state index >= 15 is 0 Å². The fraction of sp³-hybridized carbons (Fsp3) is 0.653. The fourth-order valence-electron chi connectivity index (χ4n) is 8.63. The highest BCUT2D eigenvalue weighted by Gasteiger charge is 2.41. The van der Waals surface area contributed by atoms with Crippen molar-refractivity contribution in [3.05, 3.63) is 29.8 Å². The number of benzene rings is 1. The zero-order valence-corrected chi connectivity index (χ0v) is 42.3. The summed E-state index contributed by atoms with van der Waals surface area (Å²) in [5, 5.41) is 67.0. The first-order valence-electron chi connectivity index (χ1n) is 25.2. The monoisotopic (exact) mass is 1050 g/mol. The maximum atomic E-state index is 14.3. The number of aliphatic hydroxyl groups is 2. The zero-order valence-electron chi connectivity index (χ0n) is 42.3. The first-order valence-corrected chi connectivity index (χ1v) is 25.2. The van der Waals surface area contributed by atoms with Crippen molar-refractivity contribution in [1.29, 1.82) is 0 Å². The molecule has 2 aliphatic rings. The number of aliphatic hydroxyl groups excluding tert-OH is 2. The third-order valence-electron chi connectivity index (χ3n) is 13.0. The van der Waals surface area contributed by atoms with E-state index in [2.05, 4.69) is 51.1 Å². The van der Waals surface area contributed by atoms with Crippen molar-refractivity contribution < 1.29 is 78.3 Å². The Morgan fingerprint density at radius 2 is 1.26 bits per heavy atom. The van der Waals surface area contributed by atoms with E-state index in [9.17, 15) is 78.3 Å². The van der Waals surface area contributed by atoms with E-state index in [1.165, 1.54) is 24.3 Å². The number of rotatable bonds is 21. The highest BCUT2D eigenvalue weighted by atomic mass is 16.4. The quantitative estimate of drug-likeness (QED) is 0.0622. The topological polar surface area (TPSA) is 402 Å². The van der Waals surface area contributed by atoms with Gasteiger partial charge in [0.05, 0.1) is 25.6 Å². The molecule has 9 amide bonds. The van der Waals surface area contributed by atoms with E-state index in [0.29, 0.717) is 24.3 Å². The van der Waals surface area contributed by atoms with Crippen LogP contribution >= 0.6 is 0 Å². The van der Waals surface area contributed by atoms with Gasteiger partial charge in [-0.1, -0.05) is 77.3 Å². The van der Waals surface area contributed by atoms with Crippen LogP contribution in [0.4, 0.5) is 0 Å². The number of nitrogens with two attached hydrogens (primary N) is 1. The maximum absolute atomic E-state index is 14.3. The molecule has 0 radical (unpaired) electrons. The van der Waals surface area contributed by atoms with Crippen LogP contribution in [0.5, 0.6) is 5.75 Å². The van der Waals surface area contributed by atoms with E-state index < -0.39 is 158 Å². The van der Waals surface area contributed by atoms with Crippen molar-refractivity contribution in [1.82, 2.24) is 42.1 Å². The number of hydrogen-bond acceptors (Lipinski definition) is 14. The Kier molecular flexibility index (Phi) is 25.7. The van der Waals surface area contributed by atoms with Gasteiger partial charge in [-0.25, -0.2) is 0 Å². The molecule has 2 aliphatic heterocycles. The molecule has 0 aromatic heterocycles. The number of primary amides is 1. The Morgan fingerprint density at radius 1 is 0.676 bits per heavy atom. The summed E-state index contributed by atoms with van der Waals surface area (Å²) in [6.07, 6.45) is 1.85. The molecule has 25 nitrogen and oxygen atoms in total. The molecular weight excluding hydrogens is 971 g/mol. The molecule has 74 heavy (non-hydrogen) atoms. The molecule has 2 fully saturated rings. The number of carbonyl (C=O) groups excluding carboxylic acids is 9. The lowest BCUT2D eigenvalue weighted by Gasteiger charge is -2.30. The van der Waals surface area contributed by atoms with Gasteiger partial charge in [0.15, 0.2) is 0 Å². The molecule has 0 bridgehead atoms. The molecule has 0 spiro atoms. The van der Waals surface area contributed by atoms with Crippen LogP contribution in [0.2, 0.25) is 0 Å². The van der Waals surface area contributed by atoms with E-state index in [-0.39, 0.29) is 38.0 Å². The summed E-state index contributed by atoms with van der Waals surface area (Å²) >= 11 is 0. The van der Waals surface area contributed by atoms with Crippen molar-refractivity contribution in [3.8, 4) is 5.75 Å². The third kappa shape index (κ3) is 20.9. The molecule has 14 N–H and O–H groups in total. The first kappa shape index (κ1) is 61.4. The van der Waals surface area contributed by atoms with E-state index in [1.807, 2.05) is 0 Å². The Morgan fingerprint density at radius 3 is 1.86 bits per heavy atom. The lowest BCUT2D eigenvalue weighted by molar-refractivity contribution is -0.144. The Bertz CT molecular complexity index is 2120. The van der Waals surface area contributed by atoms with Crippen LogP contribution in [-0.4, -0.2) is 163 Å². The maximum Gasteiger partial charge on any atom is 0.305 e. The molecule has 2 saturated heterocycles. The van der Waals surface area contributed by atoms with Crippen molar-refractivity contribution in [2.24, 2.45) is 11.7 Å². The van der Waals surface area contributed by atoms with Gasteiger partial charge in [-0.2, -0.15) is 0 Å². The number of amides is 9. The number of fused-ring (bicyclic) bond motifs is 1. The van der Waals surface area contributed by atoms with E-state index in [0.717, 1.165) is 50.3 Å². The SMILES string of the molecule is CCC(C)CCCCCCCCC1CC(=O)N[C@@H](CC(=O)O)C(=O)N[C@H](Cc2ccc(O)cc2)C(=O)N[C@H](CC(N)=O)C(=O)N2CCC[C@H]2C(=O)N[C@@H](CCC(=O)O)C(=O)N[C@H](CO)C(=O)N[C@@H]([C@@H](C)O)C(=O)N1. The average molecular weight is 1050 g/mol. The van der Waals surface area contributed by atoms with E-state index in [1.54, 1.807) is 0 Å². The van der Waals surface area contributed by atoms with Crippen LogP contribution in [0.25, 0.3) is 0 Å². The second-order valence-corrected chi connectivity index (χ2v) is 19.2. The molecule has 0 aliphatic carbocycles. The Labute approximate surface area is 429 Å². The molecule has 0 saturated carbocycles. The van der Waals surface area contributed by atoms with Crippen LogP contribution in [0.15, 0.2) is 24.3 Å². The lowest BCUT2D eigenvalue weighted by atomic mass is 9.99. The number of nitrogens with zero attached hydrogens (tertiary/aromatic N) is 1. The minimum Gasteiger partial charge on any atom is -0.508 e. The summed E-state index contributed by atoms with van der Waals surface area (Å²) in [5.41, 5.74) is 5.85. The molecule has 2 heterocycles. The van der Waals surface area contributed by atoms with Crippen LogP contribution in [-0.2, 0) is 59.2 Å². The largest absolute Gasteiger partial charge is 0.508 e. The van der Waals surface area contributed by atoms with Crippen LogP contribution in [0, 0.1) is 5.92 Å². The van der Waals surface area contributed by atoms with Crippen LogP contribution in [0.3, 0.4) is 0 Å². The van der Waals surface area contributed by atoms with E-state index in [4.69, 9.17) is 5.73 Å². The van der Waals surface area contributed by atoms with Gasteiger partial charge in [-0.15, -0.1) is 0 Å². The Balaban J connectivity index is 2.11. The van der Waals surface area contributed by atoms with Gasteiger partial charge < -0.3 is 73.4 Å². The summed E-state index contributed by atoms with van der Waals surface area (Å²) in [6.45, 7) is 4.27. The minimum absolute atomic E-state index is 0.0255. The lowest BCUT2D eigenvalue weighted by Crippen LogP contribution is -2.61. The van der Waals surface area contributed by atoms with Gasteiger partial charge >= 0.3 is 11.9 Å². The number of nitrogens with one attached hydrogen (secondary N) is 7. The fourth-order valence-corrected chi connectivity index (χ4v) is 8.63. The van der Waals surface area contributed by atoms with Crippen molar-refractivity contribution in [2.75, 3.05) is 13.2 Å². The number of phenols is 1. The van der Waals surface area contributed by atoms with Gasteiger partial charge in [0.1, 0.15) is 48.0 Å². The number of aliphatic carboxylic acids is 2. The number of carbonyl (C=O) groups is 11. The number of carboxylic acids is 2. The average Bonchev–Trinajstić information content (AvgIpc) is 3.83. The molecule has 25 heteroatoms. The normalized spacial score (nSPS) is 25.0. The highest BCUT2D eigenvalue weighted by Crippen LogP contribution is 2.21. The van der Waals surface area contributed by atoms with Gasteiger partial charge in [-0.05, 0) is 56.2 Å². The molecule has 1 aromatic carbocycles. The van der Waals surface area contributed by atoms with Gasteiger partial charge in [-0.3, -0.25) is 52.7 Å². The number of hydrogen-bond donors (Lipinski definition) is 13. The van der Waals surface area contributed by atoms with Gasteiger partial charge in [0, 0.05) is 31.8 Å². The highest BCUT2D eigenvalue weighted by molar-refractivity contribution is 5.99. The smallest absolute Gasteiger partial charge is 0.305 e. The first-order chi connectivity index (χ1) is 35.0.